The molecule has 124 valence electrons. The van der Waals surface area contributed by atoms with Crippen LogP contribution >= 0.6 is 0 Å². The van der Waals surface area contributed by atoms with Crippen molar-refractivity contribution in [1.29, 1.82) is 0 Å². The zero-order valence-corrected chi connectivity index (χ0v) is 14.4. The van der Waals surface area contributed by atoms with Crippen LogP contribution < -0.4 is 0 Å². The highest BCUT2D eigenvalue weighted by molar-refractivity contribution is 6.12. The first-order valence-corrected chi connectivity index (χ1v) is 9.36. The second-order valence-electron chi connectivity index (χ2n) is 7.67. The Morgan fingerprint density at radius 3 is 2.96 bits per heavy atom. The highest BCUT2D eigenvalue weighted by atomic mass is 15.1. The Hall–Kier alpha value is -1.87. The summed E-state index contributed by atoms with van der Waals surface area (Å²) in [6, 6.07) is 2.30. The van der Waals surface area contributed by atoms with Crippen LogP contribution in [0.2, 0.25) is 0 Å². The molecule has 0 N–H and O–H groups in total. The van der Waals surface area contributed by atoms with Crippen molar-refractivity contribution in [2.75, 3.05) is 20.1 Å². The number of fused-ring (bicyclic) bond motifs is 1. The quantitative estimate of drug-likeness (QED) is 0.766. The molecule has 1 unspecified atom stereocenters. The minimum absolute atomic E-state index is 0.578. The maximum Gasteiger partial charge on any atom is 0.0680 e. The number of hydrogen-bond acceptors (Lipinski definition) is 2. The number of piperidine rings is 1. The van der Waals surface area contributed by atoms with Crippen LogP contribution in [0.15, 0.2) is 41.2 Å². The van der Waals surface area contributed by atoms with Gasteiger partial charge in [-0.05, 0) is 75.9 Å². The number of aromatic nitrogens is 1. The number of aryl methyl sites for hydroxylation is 1. The topological polar surface area (TPSA) is 20.5 Å². The predicted molar refractivity (Wildman–Crippen MR) is 99.9 cm³/mol. The molecular formula is C21H25N3. The molecule has 2 aliphatic heterocycles. The Morgan fingerprint density at radius 1 is 1.21 bits per heavy atom. The van der Waals surface area contributed by atoms with Gasteiger partial charge in [0.1, 0.15) is 0 Å². The molecule has 3 heterocycles. The molecule has 0 aromatic carbocycles. The van der Waals surface area contributed by atoms with Gasteiger partial charge in [0.15, 0.2) is 0 Å². The van der Waals surface area contributed by atoms with E-state index in [0.29, 0.717) is 5.92 Å². The molecule has 1 atom stereocenters. The van der Waals surface area contributed by atoms with E-state index in [-0.39, 0.29) is 0 Å². The van der Waals surface area contributed by atoms with E-state index in [1.165, 1.54) is 54.2 Å². The molecule has 4 aliphatic rings. The summed E-state index contributed by atoms with van der Waals surface area (Å²) in [5, 5.41) is 0. The summed E-state index contributed by atoms with van der Waals surface area (Å²) in [5.41, 5.74) is 6.80. The normalized spacial score (nSPS) is 26.9. The second kappa shape index (κ2) is 5.59. The molecule has 3 heteroatoms. The third kappa shape index (κ3) is 2.18. The minimum Gasteiger partial charge on any atom is -0.314 e. The summed E-state index contributed by atoms with van der Waals surface area (Å²) in [6.45, 7) is 2.45. The van der Waals surface area contributed by atoms with Crippen LogP contribution in [0.4, 0.5) is 0 Å². The molecule has 24 heavy (non-hydrogen) atoms. The molecule has 0 spiro atoms. The summed E-state index contributed by atoms with van der Waals surface area (Å²) in [6.07, 6.45) is 17.5. The third-order valence-corrected chi connectivity index (χ3v) is 6.24. The van der Waals surface area contributed by atoms with Gasteiger partial charge in [-0.1, -0.05) is 12.2 Å². The number of aliphatic imine (C=N–C) groups is 1. The van der Waals surface area contributed by atoms with Gasteiger partial charge >= 0.3 is 0 Å². The Morgan fingerprint density at radius 2 is 2.08 bits per heavy atom. The van der Waals surface area contributed by atoms with Crippen LogP contribution in [-0.4, -0.2) is 35.8 Å². The van der Waals surface area contributed by atoms with Crippen molar-refractivity contribution in [2.45, 2.75) is 32.1 Å². The Balaban J connectivity index is 1.59. The van der Waals surface area contributed by atoms with Crippen molar-refractivity contribution in [3.05, 3.63) is 47.4 Å². The predicted octanol–water partition coefficient (Wildman–Crippen LogP) is 3.99. The molecule has 2 aliphatic carbocycles. The van der Waals surface area contributed by atoms with Gasteiger partial charge in [-0.2, -0.15) is 0 Å². The van der Waals surface area contributed by atoms with E-state index in [0.717, 1.165) is 25.2 Å². The Labute approximate surface area is 144 Å². The molecule has 0 amide bonds. The lowest BCUT2D eigenvalue weighted by Crippen LogP contribution is -2.34. The summed E-state index contributed by atoms with van der Waals surface area (Å²) >= 11 is 0. The van der Waals surface area contributed by atoms with Crippen LogP contribution in [0.25, 0.3) is 11.3 Å². The van der Waals surface area contributed by atoms with E-state index in [2.05, 4.69) is 53.2 Å². The SMILES string of the molecule is CN1CCC(C2CC=CC3=C2N=CC2=CCCc4ccn3c42)CC1. The first-order chi connectivity index (χ1) is 11.8. The zero-order valence-electron chi connectivity index (χ0n) is 14.4. The molecule has 1 saturated heterocycles. The van der Waals surface area contributed by atoms with Crippen LogP contribution in [0, 0.1) is 11.8 Å². The van der Waals surface area contributed by atoms with Crippen LogP contribution in [-0.2, 0) is 6.42 Å². The number of nitrogens with zero attached hydrogens (tertiary/aromatic N) is 3. The van der Waals surface area contributed by atoms with E-state index in [1.807, 2.05) is 0 Å². The standard InChI is InChI=1S/C21H25N3/c1-23-11-8-15(9-12-23)18-6-3-7-19-20(18)22-14-17-5-2-4-16-10-13-24(19)21(16)17/h3,5,7,10,13-15,18H,2,4,6,8-9,11-12H2,1H3. The van der Waals surface area contributed by atoms with E-state index in [4.69, 9.17) is 4.99 Å². The smallest absolute Gasteiger partial charge is 0.0680 e. The van der Waals surface area contributed by atoms with Gasteiger partial charge in [-0.3, -0.25) is 4.99 Å². The van der Waals surface area contributed by atoms with Crippen molar-refractivity contribution in [3.8, 4) is 0 Å². The average molecular weight is 319 g/mol. The van der Waals surface area contributed by atoms with Gasteiger partial charge in [0.2, 0.25) is 0 Å². The van der Waals surface area contributed by atoms with Crippen LogP contribution in [0.1, 0.15) is 36.9 Å². The van der Waals surface area contributed by atoms with Crippen molar-refractivity contribution in [2.24, 2.45) is 16.8 Å². The highest BCUT2D eigenvalue weighted by Crippen LogP contribution is 2.42. The number of rotatable bonds is 1. The third-order valence-electron chi connectivity index (χ3n) is 6.24. The molecule has 0 saturated carbocycles. The summed E-state index contributed by atoms with van der Waals surface area (Å²) in [4.78, 5) is 7.49. The van der Waals surface area contributed by atoms with Gasteiger partial charge in [0.25, 0.3) is 0 Å². The lowest BCUT2D eigenvalue weighted by Gasteiger charge is -2.35. The van der Waals surface area contributed by atoms with Gasteiger partial charge in [0.05, 0.1) is 17.1 Å². The van der Waals surface area contributed by atoms with Crippen molar-refractivity contribution in [1.82, 2.24) is 9.47 Å². The molecule has 1 aromatic heterocycles. The summed E-state index contributed by atoms with van der Waals surface area (Å²) in [7, 11) is 2.24. The molecule has 1 fully saturated rings. The van der Waals surface area contributed by atoms with Gasteiger partial charge in [-0.25, -0.2) is 0 Å². The fourth-order valence-corrected chi connectivity index (χ4v) is 4.86. The largest absolute Gasteiger partial charge is 0.314 e. The van der Waals surface area contributed by atoms with E-state index < -0.39 is 0 Å². The monoisotopic (exact) mass is 319 g/mol. The van der Waals surface area contributed by atoms with Crippen molar-refractivity contribution >= 4 is 17.5 Å². The van der Waals surface area contributed by atoms with E-state index in [1.54, 1.807) is 0 Å². The van der Waals surface area contributed by atoms with Crippen molar-refractivity contribution in [3.63, 3.8) is 0 Å². The number of likely N-dealkylation sites (tertiary alicyclic amines) is 1. The van der Waals surface area contributed by atoms with Gasteiger partial charge < -0.3 is 9.47 Å². The molecule has 0 radical (unpaired) electrons. The van der Waals surface area contributed by atoms with Crippen LogP contribution in [0.3, 0.4) is 0 Å². The number of allylic oxidation sites excluding steroid dienone is 6. The fraction of sp³-hybridized carbons (Fsp3) is 0.476. The van der Waals surface area contributed by atoms with E-state index in [9.17, 15) is 0 Å². The second-order valence-corrected chi connectivity index (χ2v) is 7.67. The maximum atomic E-state index is 5.04. The van der Waals surface area contributed by atoms with Gasteiger partial charge in [0, 0.05) is 23.9 Å². The summed E-state index contributed by atoms with van der Waals surface area (Å²) in [5.74, 6) is 1.34. The Bertz CT molecular complexity index is 782. The lowest BCUT2D eigenvalue weighted by atomic mass is 9.78. The maximum absolute atomic E-state index is 5.04. The zero-order chi connectivity index (χ0) is 16.1. The number of hydrogen-bond donors (Lipinski definition) is 0. The lowest BCUT2D eigenvalue weighted by molar-refractivity contribution is 0.184. The first-order valence-electron chi connectivity index (χ1n) is 9.36. The minimum atomic E-state index is 0.578. The van der Waals surface area contributed by atoms with Crippen LogP contribution in [0.5, 0.6) is 0 Å². The fourth-order valence-electron chi connectivity index (χ4n) is 4.86. The average Bonchev–Trinajstić information content (AvgIpc) is 2.97. The molecular weight excluding hydrogens is 294 g/mol. The Kier molecular flexibility index (Phi) is 3.37. The van der Waals surface area contributed by atoms with Gasteiger partial charge in [-0.15, -0.1) is 0 Å². The summed E-state index contributed by atoms with van der Waals surface area (Å²) < 4.78 is 2.40. The molecule has 5 rings (SSSR count). The van der Waals surface area contributed by atoms with E-state index >= 15 is 0 Å². The highest BCUT2D eigenvalue weighted by Gasteiger charge is 2.32. The molecule has 0 bridgehead atoms. The molecule has 3 nitrogen and oxygen atoms in total. The van der Waals surface area contributed by atoms with Crippen molar-refractivity contribution < 1.29 is 0 Å². The molecule has 1 aromatic rings. The first kappa shape index (κ1) is 14.5.